The number of para-hydroxylation sites is 2. The monoisotopic (exact) mass is 599 g/mol. The van der Waals surface area contributed by atoms with Crippen molar-refractivity contribution in [1.29, 1.82) is 0 Å². The van der Waals surface area contributed by atoms with Gasteiger partial charge in [-0.1, -0.05) is 112 Å². The molecule has 0 atom stereocenters. The number of rotatable bonds is 3. The Morgan fingerprint density at radius 3 is 2.00 bits per heavy atom. The topological polar surface area (TPSA) is 12.5 Å². The number of nitrogens with zero attached hydrogens (tertiary/aromatic N) is 1. The van der Waals surface area contributed by atoms with Crippen molar-refractivity contribution >= 4 is 28.8 Å². The van der Waals surface area contributed by atoms with Gasteiger partial charge in [-0.25, -0.2) is 0 Å². The van der Waals surface area contributed by atoms with Crippen LogP contribution in [0.3, 0.4) is 0 Å². The number of ether oxygens (including phenoxy) is 1. The Balaban J connectivity index is 1.23. The van der Waals surface area contributed by atoms with Gasteiger partial charge in [-0.3, -0.25) is 0 Å². The lowest BCUT2D eigenvalue weighted by atomic mass is 9.82. The lowest BCUT2D eigenvalue weighted by molar-refractivity contribution is 0.455. The van der Waals surface area contributed by atoms with Crippen LogP contribution < -0.4 is 9.64 Å². The smallest absolute Gasteiger partial charge is 0.149 e. The Bertz CT molecular complexity index is 2180. The van der Waals surface area contributed by atoms with Crippen LogP contribution >= 0.6 is 11.8 Å². The van der Waals surface area contributed by atoms with Crippen LogP contribution in [0.4, 0.5) is 17.1 Å². The zero-order chi connectivity index (χ0) is 30.5. The molecule has 2 nitrogen and oxygen atoms in total. The van der Waals surface area contributed by atoms with Crippen molar-refractivity contribution in [3.05, 3.63) is 150 Å². The summed E-state index contributed by atoms with van der Waals surface area (Å²) in [7, 11) is 0. The van der Waals surface area contributed by atoms with E-state index < -0.39 is 0 Å². The van der Waals surface area contributed by atoms with Crippen molar-refractivity contribution < 1.29 is 4.74 Å². The predicted molar refractivity (Wildman–Crippen MR) is 187 cm³/mol. The second kappa shape index (κ2) is 9.39. The second-order valence-electron chi connectivity index (χ2n) is 13.4. The summed E-state index contributed by atoms with van der Waals surface area (Å²) >= 11 is 1.80. The molecule has 9 rings (SSSR count). The summed E-state index contributed by atoms with van der Waals surface area (Å²) in [6.45, 7) is 9.37. The standard InChI is InChI=1S/C42H33NOS/c1-41(2)33-21-19-27(24-31(33)39-34(41)22-23-38-40(39)44-36-16-10-11-17-37(36)45-38)43(26-12-6-5-7-13-26)28-18-20-30-29-14-8-9-15-32(29)42(3,4)35(30)25-28/h5-25H,1-4H3. The van der Waals surface area contributed by atoms with Crippen molar-refractivity contribution in [3.63, 3.8) is 0 Å². The van der Waals surface area contributed by atoms with Gasteiger partial charge in [0.2, 0.25) is 0 Å². The highest BCUT2D eigenvalue weighted by molar-refractivity contribution is 7.99. The van der Waals surface area contributed by atoms with Gasteiger partial charge in [-0.2, -0.15) is 0 Å². The summed E-state index contributed by atoms with van der Waals surface area (Å²) in [4.78, 5) is 4.74. The van der Waals surface area contributed by atoms with E-state index in [1.165, 1.54) is 49.4 Å². The number of fused-ring (bicyclic) bond motifs is 9. The minimum Gasteiger partial charge on any atom is -0.454 e. The average molecular weight is 600 g/mol. The fourth-order valence-corrected chi connectivity index (χ4v) is 8.77. The van der Waals surface area contributed by atoms with Crippen LogP contribution in [0, 0.1) is 0 Å². The molecule has 1 heterocycles. The molecule has 0 bridgehead atoms. The molecule has 0 fully saturated rings. The summed E-state index contributed by atoms with van der Waals surface area (Å²) in [6.07, 6.45) is 0. The van der Waals surface area contributed by atoms with Crippen LogP contribution in [0.15, 0.2) is 137 Å². The molecule has 3 aliphatic rings. The van der Waals surface area contributed by atoms with E-state index in [0.717, 1.165) is 33.5 Å². The molecule has 0 spiro atoms. The maximum absolute atomic E-state index is 6.71. The van der Waals surface area contributed by atoms with Gasteiger partial charge in [0.05, 0.1) is 9.79 Å². The molecule has 0 N–H and O–H groups in total. The van der Waals surface area contributed by atoms with Crippen molar-refractivity contribution in [2.75, 3.05) is 4.90 Å². The molecule has 1 aliphatic heterocycles. The van der Waals surface area contributed by atoms with Crippen molar-refractivity contribution in [1.82, 2.24) is 0 Å². The highest BCUT2D eigenvalue weighted by atomic mass is 32.2. The summed E-state index contributed by atoms with van der Waals surface area (Å²) in [5.74, 6) is 1.90. The summed E-state index contributed by atoms with van der Waals surface area (Å²) in [5, 5.41) is 0. The van der Waals surface area contributed by atoms with E-state index in [0.29, 0.717) is 0 Å². The molecule has 2 aliphatic carbocycles. The number of hydrogen-bond acceptors (Lipinski definition) is 3. The largest absolute Gasteiger partial charge is 0.454 e. The number of hydrogen-bond donors (Lipinski definition) is 0. The summed E-state index contributed by atoms with van der Waals surface area (Å²) in [6, 6.07) is 46.5. The van der Waals surface area contributed by atoms with Crippen LogP contribution in [0.5, 0.6) is 11.5 Å². The van der Waals surface area contributed by atoms with Crippen LogP contribution in [-0.4, -0.2) is 0 Å². The molecule has 0 unspecified atom stereocenters. The maximum Gasteiger partial charge on any atom is 0.149 e. The van der Waals surface area contributed by atoms with Crippen LogP contribution in [0.1, 0.15) is 49.9 Å². The van der Waals surface area contributed by atoms with Crippen molar-refractivity contribution in [3.8, 4) is 33.8 Å². The van der Waals surface area contributed by atoms with Crippen molar-refractivity contribution in [2.45, 2.75) is 48.3 Å². The molecule has 0 aromatic heterocycles. The van der Waals surface area contributed by atoms with Gasteiger partial charge in [0, 0.05) is 33.5 Å². The normalized spacial score (nSPS) is 15.6. The fraction of sp³-hybridized carbons (Fsp3) is 0.143. The first kappa shape index (κ1) is 26.7. The minimum absolute atomic E-state index is 0.0739. The van der Waals surface area contributed by atoms with E-state index in [9.17, 15) is 0 Å². The Morgan fingerprint density at radius 2 is 1.13 bits per heavy atom. The first-order valence-electron chi connectivity index (χ1n) is 15.7. The second-order valence-corrected chi connectivity index (χ2v) is 14.5. The van der Waals surface area contributed by atoms with Crippen LogP contribution in [-0.2, 0) is 10.8 Å². The van der Waals surface area contributed by atoms with E-state index >= 15 is 0 Å². The lowest BCUT2D eigenvalue weighted by Crippen LogP contribution is -2.17. The minimum atomic E-state index is -0.135. The Morgan fingerprint density at radius 1 is 0.489 bits per heavy atom. The quantitative estimate of drug-likeness (QED) is 0.200. The van der Waals surface area contributed by atoms with Gasteiger partial charge in [0.1, 0.15) is 11.5 Å². The van der Waals surface area contributed by atoms with Crippen LogP contribution in [0.2, 0.25) is 0 Å². The third-order valence-electron chi connectivity index (χ3n) is 10.1. The van der Waals surface area contributed by atoms with Crippen molar-refractivity contribution in [2.24, 2.45) is 0 Å². The molecular formula is C42H33NOS. The van der Waals surface area contributed by atoms with Gasteiger partial charge in [0.25, 0.3) is 0 Å². The third-order valence-corrected chi connectivity index (χ3v) is 11.2. The first-order chi connectivity index (χ1) is 21.8. The molecule has 45 heavy (non-hydrogen) atoms. The Kier molecular flexibility index (Phi) is 5.56. The van der Waals surface area contributed by atoms with E-state index in [2.05, 4.69) is 160 Å². The Labute approximate surface area is 269 Å². The third kappa shape index (κ3) is 3.77. The fourth-order valence-electron chi connectivity index (χ4n) is 7.80. The van der Waals surface area contributed by atoms with E-state index in [1.54, 1.807) is 11.8 Å². The molecule has 0 saturated carbocycles. The SMILES string of the molecule is CC1(C)c2ccccc2-c2ccc(N(c3ccccc3)c3ccc4c(c3)-c3c(ccc5c3Oc3ccccc3S5)C4(C)C)cc21. The molecule has 0 amide bonds. The van der Waals surface area contributed by atoms with Gasteiger partial charge < -0.3 is 9.64 Å². The molecule has 218 valence electrons. The van der Waals surface area contributed by atoms with E-state index in [-0.39, 0.29) is 10.8 Å². The van der Waals surface area contributed by atoms with Gasteiger partial charge in [-0.15, -0.1) is 0 Å². The van der Waals surface area contributed by atoms with Gasteiger partial charge in [-0.05, 0) is 93.5 Å². The predicted octanol–water partition coefficient (Wildman–Crippen LogP) is 12.0. The average Bonchev–Trinajstić information content (AvgIpc) is 3.43. The van der Waals surface area contributed by atoms with E-state index in [4.69, 9.17) is 4.74 Å². The zero-order valence-corrected chi connectivity index (χ0v) is 26.7. The van der Waals surface area contributed by atoms with E-state index in [1.807, 2.05) is 0 Å². The molecule has 0 radical (unpaired) electrons. The highest BCUT2D eigenvalue weighted by Gasteiger charge is 2.40. The molecule has 0 saturated heterocycles. The molecular weight excluding hydrogens is 567 g/mol. The summed E-state index contributed by atoms with van der Waals surface area (Å²) in [5.41, 5.74) is 13.8. The summed E-state index contributed by atoms with van der Waals surface area (Å²) < 4.78 is 6.71. The maximum atomic E-state index is 6.71. The van der Waals surface area contributed by atoms with Crippen LogP contribution in [0.25, 0.3) is 22.3 Å². The number of benzene rings is 6. The lowest BCUT2D eigenvalue weighted by Gasteiger charge is -2.29. The first-order valence-corrected chi connectivity index (χ1v) is 16.5. The van der Waals surface area contributed by atoms with Gasteiger partial charge >= 0.3 is 0 Å². The molecule has 6 aromatic carbocycles. The van der Waals surface area contributed by atoms with Gasteiger partial charge in [0.15, 0.2) is 0 Å². The number of anilines is 3. The zero-order valence-electron chi connectivity index (χ0n) is 25.9. The molecule has 3 heteroatoms. The Hall–Kier alpha value is -4.73. The highest BCUT2D eigenvalue weighted by Crippen LogP contribution is 2.59. The molecule has 6 aromatic rings.